The summed E-state index contributed by atoms with van der Waals surface area (Å²) in [6.45, 7) is 5.62. The van der Waals surface area contributed by atoms with Gasteiger partial charge >= 0.3 is 0 Å². The topological polar surface area (TPSA) is 36.7 Å². The van der Waals surface area contributed by atoms with Crippen molar-refractivity contribution in [1.82, 2.24) is 4.90 Å². The Balaban J connectivity index is 1.96. The van der Waals surface area contributed by atoms with Crippen molar-refractivity contribution in [2.45, 2.75) is 20.4 Å². The maximum atomic E-state index is 12.3. The van der Waals surface area contributed by atoms with Crippen molar-refractivity contribution in [3.8, 4) is 0 Å². The average Bonchev–Trinajstić information content (AvgIpc) is 2.90. The van der Waals surface area contributed by atoms with Crippen molar-refractivity contribution >= 4 is 11.6 Å². The van der Waals surface area contributed by atoms with Crippen molar-refractivity contribution in [2.75, 3.05) is 25.0 Å². The largest absolute Gasteiger partial charge is 0.464 e. The van der Waals surface area contributed by atoms with E-state index in [1.54, 1.807) is 11.9 Å². The Morgan fingerprint density at radius 3 is 2.43 bits per heavy atom. The SMILES string of the molecule is CCN(CC(=O)N(C)Cc1ccc(C)o1)c1ccccc1. The van der Waals surface area contributed by atoms with Crippen LogP contribution in [0.25, 0.3) is 0 Å². The molecule has 0 aliphatic carbocycles. The fraction of sp³-hybridized carbons (Fsp3) is 0.353. The molecule has 2 rings (SSSR count). The molecule has 112 valence electrons. The van der Waals surface area contributed by atoms with Gasteiger partial charge in [-0.1, -0.05) is 18.2 Å². The van der Waals surface area contributed by atoms with Crippen LogP contribution in [0.3, 0.4) is 0 Å². The molecule has 0 bridgehead atoms. The number of benzene rings is 1. The first-order chi connectivity index (χ1) is 10.1. The first kappa shape index (κ1) is 15.2. The third kappa shape index (κ3) is 4.12. The molecule has 1 aromatic carbocycles. The number of anilines is 1. The summed E-state index contributed by atoms with van der Waals surface area (Å²) in [5.74, 6) is 1.76. The minimum absolute atomic E-state index is 0.0785. The standard InChI is InChI=1S/C17H22N2O2/c1-4-19(15-8-6-5-7-9-15)13-17(20)18(3)12-16-11-10-14(2)21-16/h5-11H,4,12-13H2,1-3H3. The minimum Gasteiger partial charge on any atom is -0.464 e. The number of furan rings is 1. The molecule has 1 aromatic heterocycles. The highest BCUT2D eigenvalue weighted by atomic mass is 16.3. The van der Waals surface area contributed by atoms with Gasteiger partial charge in [0.15, 0.2) is 0 Å². The molecule has 0 aliphatic rings. The third-order valence-corrected chi connectivity index (χ3v) is 3.44. The Bertz CT molecular complexity index is 577. The zero-order chi connectivity index (χ0) is 15.2. The quantitative estimate of drug-likeness (QED) is 0.819. The van der Waals surface area contributed by atoms with Gasteiger partial charge in [-0.15, -0.1) is 0 Å². The van der Waals surface area contributed by atoms with Gasteiger partial charge in [0, 0.05) is 19.3 Å². The lowest BCUT2D eigenvalue weighted by Crippen LogP contribution is -2.38. The summed E-state index contributed by atoms with van der Waals surface area (Å²) in [7, 11) is 1.80. The molecule has 1 amide bonds. The van der Waals surface area contributed by atoms with Crippen molar-refractivity contribution in [1.29, 1.82) is 0 Å². The van der Waals surface area contributed by atoms with Crippen LogP contribution in [0.1, 0.15) is 18.4 Å². The van der Waals surface area contributed by atoms with Crippen LogP contribution in [0, 0.1) is 6.92 Å². The summed E-state index contributed by atoms with van der Waals surface area (Å²) >= 11 is 0. The van der Waals surface area contributed by atoms with Gasteiger partial charge in [0.05, 0.1) is 13.1 Å². The second-order valence-corrected chi connectivity index (χ2v) is 5.11. The average molecular weight is 286 g/mol. The maximum Gasteiger partial charge on any atom is 0.242 e. The summed E-state index contributed by atoms with van der Waals surface area (Å²) in [6, 6.07) is 13.8. The molecule has 0 saturated heterocycles. The second-order valence-electron chi connectivity index (χ2n) is 5.11. The van der Waals surface area contributed by atoms with Crippen LogP contribution in [-0.2, 0) is 11.3 Å². The molecule has 0 spiro atoms. The molecule has 0 saturated carbocycles. The fourth-order valence-corrected chi connectivity index (χ4v) is 2.20. The lowest BCUT2D eigenvalue weighted by Gasteiger charge is -2.25. The summed E-state index contributed by atoms with van der Waals surface area (Å²) in [4.78, 5) is 16.1. The van der Waals surface area contributed by atoms with E-state index < -0.39 is 0 Å². The molecule has 1 heterocycles. The number of amides is 1. The number of aryl methyl sites for hydroxylation is 1. The Labute approximate surface area is 126 Å². The zero-order valence-corrected chi connectivity index (χ0v) is 12.9. The molecule has 0 fully saturated rings. The summed E-state index contributed by atoms with van der Waals surface area (Å²) < 4.78 is 5.51. The van der Waals surface area contributed by atoms with E-state index in [0.717, 1.165) is 23.8 Å². The van der Waals surface area contributed by atoms with E-state index in [9.17, 15) is 4.79 Å². The Morgan fingerprint density at radius 2 is 1.86 bits per heavy atom. The molecule has 4 nitrogen and oxygen atoms in total. The molecule has 0 atom stereocenters. The van der Waals surface area contributed by atoms with E-state index in [0.29, 0.717) is 13.1 Å². The highest BCUT2D eigenvalue weighted by molar-refractivity contribution is 5.81. The first-order valence-electron chi connectivity index (χ1n) is 7.19. The van der Waals surface area contributed by atoms with E-state index in [1.165, 1.54) is 0 Å². The number of carbonyl (C=O) groups excluding carboxylic acids is 1. The number of hydrogen-bond donors (Lipinski definition) is 0. The van der Waals surface area contributed by atoms with Gasteiger partial charge in [-0.3, -0.25) is 4.79 Å². The van der Waals surface area contributed by atoms with E-state index >= 15 is 0 Å². The van der Waals surface area contributed by atoms with Crippen LogP contribution >= 0.6 is 0 Å². The third-order valence-electron chi connectivity index (χ3n) is 3.44. The van der Waals surface area contributed by atoms with Crippen LogP contribution in [-0.4, -0.2) is 30.9 Å². The Kier molecular flexibility index (Phi) is 5.04. The van der Waals surface area contributed by atoms with Crippen molar-refractivity contribution < 1.29 is 9.21 Å². The van der Waals surface area contributed by atoms with Crippen molar-refractivity contribution in [3.63, 3.8) is 0 Å². The fourth-order valence-electron chi connectivity index (χ4n) is 2.20. The Morgan fingerprint density at radius 1 is 1.14 bits per heavy atom. The number of likely N-dealkylation sites (N-methyl/N-ethyl adjacent to an activating group) is 2. The molecular weight excluding hydrogens is 264 g/mol. The molecule has 21 heavy (non-hydrogen) atoms. The molecule has 0 radical (unpaired) electrons. The molecule has 2 aromatic rings. The van der Waals surface area contributed by atoms with Gasteiger partial charge in [0.25, 0.3) is 0 Å². The van der Waals surface area contributed by atoms with Crippen molar-refractivity contribution in [2.24, 2.45) is 0 Å². The van der Waals surface area contributed by atoms with Gasteiger partial charge in [-0.25, -0.2) is 0 Å². The highest BCUT2D eigenvalue weighted by Gasteiger charge is 2.15. The van der Waals surface area contributed by atoms with E-state index in [-0.39, 0.29) is 5.91 Å². The number of carbonyl (C=O) groups is 1. The van der Waals surface area contributed by atoms with Crippen LogP contribution < -0.4 is 4.90 Å². The number of para-hydroxylation sites is 1. The van der Waals surface area contributed by atoms with Crippen LogP contribution in [0.2, 0.25) is 0 Å². The predicted molar refractivity (Wildman–Crippen MR) is 84.2 cm³/mol. The number of nitrogens with zero attached hydrogens (tertiary/aromatic N) is 2. The minimum atomic E-state index is 0.0785. The van der Waals surface area contributed by atoms with Gasteiger partial charge in [-0.2, -0.15) is 0 Å². The lowest BCUT2D eigenvalue weighted by atomic mass is 10.3. The first-order valence-corrected chi connectivity index (χ1v) is 7.19. The molecule has 0 N–H and O–H groups in total. The predicted octanol–water partition coefficient (Wildman–Crippen LogP) is 3.07. The van der Waals surface area contributed by atoms with Gasteiger partial charge in [0.2, 0.25) is 5.91 Å². The summed E-state index contributed by atoms with van der Waals surface area (Å²) in [5.41, 5.74) is 1.07. The van der Waals surface area contributed by atoms with E-state index in [1.807, 2.05) is 49.4 Å². The molecular formula is C17H22N2O2. The zero-order valence-electron chi connectivity index (χ0n) is 12.9. The van der Waals surface area contributed by atoms with Gasteiger partial charge in [-0.05, 0) is 38.1 Å². The summed E-state index contributed by atoms with van der Waals surface area (Å²) in [5, 5.41) is 0. The second kappa shape index (κ2) is 6.97. The normalized spacial score (nSPS) is 10.4. The van der Waals surface area contributed by atoms with E-state index in [4.69, 9.17) is 4.42 Å². The summed E-state index contributed by atoms with van der Waals surface area (Å²) in [6.07, 6.45) is 0. The number of hydrogen-bond acceptors (Lipinski definition) is 3. The van der Waals surface area contributed by atoms with Crippen LogP contribution in [0.15, 0.2) is 46.9 Å². The van der Waals surface area contributed by atoms with Gasteiger partial charge in [0.1, 0.15) is 11.5 Å². The van der Waals surface area contributed by atoms with E-state index in [2.05, 4.69) is 11.8 Å². The van der Waals surface area contributed by atoms with Crippen LogP contribution in [0.5, 0.6) is 0 Å². The van der Waals surface area contributed by atoms with Gasteiger partial charge < -0.3 is 14.2 Å². The smallest absolute Gasteiger partial charge is 0.242 e. The van der Waals surface area contributed by atoms with Crippen LogP contribution in [0.4, 0.5) is 5.69 Å². The van der Waals surface area contributed by atoms with Crippen molar-refractivity contribution in [3.05, 3.63) is 54.0 Å². The monoisotopic (exact) mass is 286 g/mol. The lowest BCUT2D eigenvalue weighted by molar-refractivity contribution is -0.129. The molecule has 0 unspecified atom stereocenters. The Hall–Kier alpha value is -2.23. The molecule has 0 aliphatic heterocycles. The number of rotatable bonds is 6. The maximum absolute atomic E-state index is 12.3. The highest BCUT2D eigenvalue weighted by Crippen LogP contribution is 2.14. The molecule has 4 heteroatoms.